The Hall–Kier alpha value is -5.86. The second kappa shape index (κ2) is 15.6. The van der Waals surface area contributed by atoms with E-state index in [9.17, 15) is 26.4 Å². The molecule has 0 aliphatic rings. The summed E-state index contributed by atoms with van der Waals surface area (Å²) in [4.78, 5) is 24.7. The van der Waals surface area contributed by atoms with E-state index in [1.54, 1.807) is 36.4 Å². The van der Waals surface area contributed by atoms with Gasteiger partial charge in [0.25, 0.3) is 0 Å². The van der Waals surface area contributed by atoms with Crippen molar-refractivity contribution in [2.75, 3.05) is 21.3 Å². The molecule has 0 unspecified atom stereocenters. The van der Waals surface area contributed by atoms with Gasteiger partial charge in [-0.05, 0) is 88.7 Å². The first kappa shape index (κ1) is 39.3. The summed E-state index contributed by atoms with van der Waals surface area (Å²) in [5.41, 5.74) is 3.18. The van der Waals surface area contributed by atoms with Gasteiger partial charge in [0.15, 0.2) is 11.5 Å². The van der Waals surface area contributed by atoms with E-state index in [0.29, 0.717) is 11.4 Å². The van der Waals surface area contributed by atoms with Crippen molar-refractivity contribution in [2.24, 2.45) is 0 Å². The molecule has 0 saturated carbocycles. The van der Waals surface area contributed by atoms with Crippen molar-refractivity contribution < 1.29 is 34.8 Å². The molecule has 0 aliphatic heterocycles. The molecule has 12 nitrogen and oxygen atoms in total. The van der Waals surface area contributed by atoms with Gasteiger partial charge in [-0.15, -0.1) is 0 Å². The summed E-state index contributed by atoms with van der Waals surface area (Å²) in [6.45, 7) is 12.5. The number of hydrogen-bond donors (Lipinski definition) is 4. The number of rotatable bonds is 10. The number of anilines is 4. The molecule has 0 saturated heterocycles. The molecule has 54 heavy (non-hydrogen) atoms. The third kappa shape index (κ3) is 10.2. The van der Waals surface area contributed by atoms with Crippen molar-refractivity contribution in [1.82, 2.24) is 0 Å². The van der Waals surface area contributed by atoms with E-state index >= 15 is 0 Å². The smallest absolute Gasteiger partial charge is 0.339 e. The number of para-hydroxylation sites is 4. The first-order valence-electron chi connectivity index (χ1n) is 16.8. The van der Waals surface area contributed by atoms with E-state index in [4.69, 9.17) is 8.37 Å². The molecule has 0 bridgehead atoms. The van der Waals surface area contributed by atoms with Gasteiger partial charge in [-0.3, -0.25) is 0 Å². The second-order valence-corrected chi connectivity index (χ2v) is 17.4. The van der Waals surface area contributed by atoms with Crippen molar-refractivity contribution in [3.8, 4) is 11.5 Å². The van der Waals surface area contributed by atoms with Gasteiger partial charge in [-0.25, -0.2) is 9.59 Å². The second-order valence-electron chi connectivity index (χ2n) is 14.4. The minimum atomic E-state index is -4.63. The fraction of sp³-hybridized carbons (Fsp3) is 0.200. The van der Waals surface area contributed by atoms with Crippen LogP contribution in [0.2, 0.25) is 0 Å². The molecule has 5 rings (SSSR count). The molecule has 4 amide bonds. The number of carbonyl (C=O) groups excluding carboxylic acids is 2. The van der Waals surface area contributed by atoms with Crippen LogP contribution >= 0.6 is 0 Å². The molecule has 0 fully saturated rings. The topological polar surface area (TPSA) is 169 Å². The number of carbonyl (C=O) groups is 2. The number of hydrogen-bond acceptors (Lipinski definition) is 8. The SMILES string of the molecule is CC(C)(C)c1ccc(NC(=O)Nc2ccccc2OS(=O)(=O)c2cccc(S(=O)(=O)Oc3ccccc3NC(=O)Nc3ccc(C(C)(C)C)cc3)c2)cc1. The van der Waals surface area contributed by atoms with Crippen LogP contribution in [0.25, 0.3) is 0 Å². The maximum absolute atomic E-state index is 13.4. The standard InChI is InChI=1S/C40H42N4O8S2/c1-39(2,3)27-18-22-29(23-19-27)41-37(45)43-33-14-7-9-16-35(33)51-53(47,48)31-12-11-13-32(26-31)54(49,50)52-36-17-10-8-15-34(36)44-38(46)42-30-24-20-28(21-25-30)40(4,5)6/h7-26H,1-6H3,(H2,41,43,45)(H2,42,44,46). The molecule has 0 aliphatic carbocycles. The summed E-state index contributed by atoms with van der Waals surface area (Å²) >= 11 is 0. The minimum Gasteiger partial charge on any atom is -0.377 e. The van der Waals surface area contributed by atoms with Crippen molar-refractivity contribution in [1.29, 1.82) is 0 Å². The van der Waals surface area contributed by atoms with Crippen LogP contribution in [0.1, 0.15) is 52.7 Å². The van der Waals surface area contributed by atoms with Crippen LogP contribution in [0.3, 0.4) is 0 Å². The van der Waals surface area contributed by atoms with Gasteiger partial charge in [0.05, 0.1) is 11.4 Å². The van der Waals surface area contributed by atoms with Crippen molar-refractivity contribution in [3.63, 3.8) is 0 Å². The highest BCUT2D eigenvalue weighted by Gasteiger charge is 2.25. The van der Waals surface area contributed by atoms with E-state index in [0.717, 1.165) is 29.3 Å². The summed E-state index contributed by atoms with van der Waals surface area (Å²) < 4.78 is 64.5. The molecule has 5 aromatic carbocycles. The number of amides is 4. The first-order valence-corrected chi connectivity index (χ1v) is 19.7. The Kier molecular flexibility index (Phi) is 11.4. The van der Waals surface area contributed by atoms with Crippen molar-refractivity contribution in [3.05, 3.63) is 132 Å². The average Bonchev–Trinajstić information content (AvgIpc) is 3.09. The van der Waals surface area contributed by atoms with Crippen LogP contribution in [0.15, 0.2) is 131 Å². The van der Waals surface area contributed by atoms with Gasteiger partial charge >= 0.3 is 32.3 Å². The van der Waals surface area contributed by atoms with Gasteiger partial charge in [-0.1, -0.05) is 96.1 Å². The Bertz CT molecular complexity index is 2200. The monoisotopic (exact) mass is 770 g/mol. The lowest BCUT2D eigenvalue weighted by atomic mass is 9.87. The summed E-state index contributed by atoms with van der Waals surface area (Å²) in [5.74, 6) is -0.410. The molecule has 0 spiro atoms. The van der Waals surface area contributed by atoms with Crippen LogP contribution in [0.4, 0.5) is 32.3 Å². The lowest BCUT2D eigenvalue weighted by Crippen LogP contribution is -2.21. The lowest BCUT2D eigenvalue weighted by Gasteiger charge is -2.19. The third-order valence-electron chi connectivity index (χ3n) is 8.07. The van der Waals surface area contributed by atoms with E-state index < -0.39 is 42.1 Å². The molecular formula is C40H42N4O8S2. The highest BCUT2D eigenvalue weighted by molar-refractivity contribution is 7.88. The molecule has 282 valence electrons. The minimum absolute atomic E-state index is 0.0482. The van der Waals surface area contributed by atoms with Crippen LogP contribution < -0.4 is 29.6 Å². The average molecular weight is 771 g/mol. The highest BCUT2D eigenvalue weighted by atomic mass is 32.2. The van der Waals surface area contributed by atoms with Crippen LogP contribution in [0, 0.1) is 0 Å². The van der Waals surface area contributed by atoms with Gasteiger partial charge < -0.3 is 29.6 Å². The molecule has 0 aromatic heterocycles. The Morgan fingerprint density at radius 2 is 0.815 bits per heavy atom. The zero-order valence-corrected chi connectivity index (χ0v) is 32.3. The van der Waals surface area contributed by atoms with Gasteiger partial charge in [0.1, 0.15) is 9.79 Å². The molecule has 0 heterocycles. The fourth-order valence-corrected chi connectivity index (χ4v) is 7.14. The number of nitrogens with one attached hydrogen (secondary N) is 4. The van der Waals surface area contributed by atoms with Gasteiger partial charge in [0.2, 0.25) is 0 Å². The summed E-state index contributed by atoms with van der Waals surface area (Å²) in [7, 11) is -9.25. The summed E-state index contributed by atoms with van der Waals surface area (Å²) in [6.07, 6.45) is 0. The normalized spacial score (nSPS) is 12.0. The van der Waals surface area contributed by atoms with Crippen molar-refractivity contribution in [2.45, 2.75) is 62.2 Å². The highest BCUT2D eigenvalue weighted by Crippen LogP contribution is 2.31. The molecule has 0 atom stereocenters. The Morgan fingerprint density at radius 3 is 1.17 bits per heavy atom. The number of benzene rings is 5. The molecule has 14 heteroatoms. The van der Waals surface area contributed by atoms with E-state index in [1.165, 1.54) is 42.5 Å². The Balaban J connectivity index is 1.27. The Labute approximate surface area is 316 Å². The zero-order valence-electron chi connectivity index (χ0n) is 30.6. The van der Waals surface area contributed by atoms with Gasteiger partial charge in [-0.2, -0.15) is 16.8 Å². The predicted octanol–water partition coefficient (Wildman–Crippen LogP) is 9.11. The van der Waals surface area contributed by atoms with Crippen LogP contribution in [-0.4, -0.2) is 28.9 Å². The van der Waals surface area contributed by atoms with E-state index in [2.05, 4.69) is 62.8 Å². The maximum atomic E-state index is 13.4. The summed E-state index contributed by atoms with van der Waals surface area (Å²) in [5, 5.41) is 10.6. The zero-order chi connectivity index (χ0) is 39.3. The van der Waals surface area contributed by atoms with Crippen LogP contribution in [-0.2, 0) is 31.1 Å². The van der Waals surface area contributed by atoms with Crippen LogP contribution in [0.5, 0.6) is 11.5 Å². The largest absolute Gasteiger partial charge is 0.377 e. The summed E-state index contributed by atoms with van der Waals surface area (Å²) in [6, 6.07) is 29.6. The Morgan fingerprint density at radius 1 is 0.463 bits per heavy atom. The van der Waals surface area contributed by atoms with Crippen molar-refractivity contribution >= 4 is 55.0 Å². The predicted molar refractivity (Wildman–Crippen MR) is 211 cm³/mol. The maximum Gasteiger partial charge on any atom is 0.339 e. The van der Waals surface area contributed by atoms with Gasteiger partial charge in [0, 0.05) is 11.4 Å². The lowest BCUT2D eigenvalue weighted by molar-refractivity contribution is 0.261. The first-order chi connectivity index (χ1) is 25.3. The molecule has 5 aromatic rings. The third-order valence-corrected chi connectivity index (χ3v) is 10.5. The molecule has 4 N–H and O–H groups in total. The molecular weight excluding hydrogens is 729 g/mol. The van der Waals surface area contributed by atoms with E-state index in [1.807, 2.05) is 24.3 Å². The number of urea groups is 2. The molecule has 0 radical (unpaired) electrons. The quantitative estimate of drug-likeness (QED) is 0.102. The fourth-order valence-electron chi connectivity index (χ4n) is 5.08. The van der Waals surface area contributed by atoms with E-state index in [-0.39, 0.29) is 33.7 Å².